The van der Waals surface area contributed by atoms with E-state index in [4.69, 9.17) is 5.73 Å². The first kappa shape index (κ1) is 14.6. The number of rotatable bonds is 4. The second-order valence-corrected chi connectivity index (χ2v) is 5.93. The second-order valence-electron chi connectivity index (χ2n) is 5.08. The normalized spacial score (nSPS) is 17.6. The van der Waals surface area contributed by atoms with Gasteiger partial charge in [-0.1, -0.05) is 6.07 Å². The van der Waals surface area contributed by atoms with Gasteiger partial charge in [0.05, 0.1) is 11.0 Å². The standard InChI is InChI=1S/C14H18BrFN2O/c15-13-8-10(1-2-14(13)16)7-12(19)9-18-5-3-11(17)4-6-18/h1-2,8,11H,3-7,9,17H2. The molecule has 0 bridgehead atoms. The molecule has 1 aliphatic rings. The summed E-state index contributed by atoms with van der Waals surface area (Å²) in [5.74, 6) is -0.143. The van der Waals surface area contributed by atoms with Crippen LogP contribution in [0.5, 0.6) is 0 Å². The van der Waals surface area contributed by atoms with Crippen LogP contribution in [0, 0.1) is 5.82 Å². The highest BCUT2D eigenvalue weighted by Crippen LogP contribution is 2.17. The molecule has 0 aliphatic carbocycles. The number of likely N-dealkylation sites (tertiary alicyclic amines) is 1. The fraction of sp³-hybridized carbons (Fsp3) is 0.500. The molecule has 5 heteroatoms. The van der Waals surface area contributed by atoms with Gasteiger partial charge in [0, 0.05) is 25.6 Å². The van der Waals surface area contributed by atoms with E-state index >= 15 is 0 Å². The Kier molecular flexibility index (Phi) is 5.07. The zero-order valence-corrected chi connectivity index (χ0v) is 12.3. The molecule has 1 fully saturated rings. The van der Waals surface area contributed by atoms with Crippen LogP contribution in [-0.2, 0) is 11.2 Å². The maximum Gasteiger partial charge on any atom is 0.151 e. The van der Waals surface area contributed by atoms with E-state index in [-0.39, 0.29) is 17.6 Å². The van der Waals surface area contributed by atoms with E-state index in [1.807, 2.05) is 0 Å². The summed E-state index contributed by atoms with van der Waals surface area (Å²) in [6.07, 6.45) is 2.26. The summed E-state index contributed by atoms with van der Waals surface area (Å²) in [4.78, 5) is 14.1. The molecule has 1 aromatic carbocycles. The van der Waals surface area contributed by atoms with Gasteiger partial charge in [0.1, 0.15) is 5.82 Å². The Morgan fingerprint density at radius 1 is 1.42 bits per heavy atom. The highest BCUT2D eigenvalue weighted by atomic mass is 79.9. The fourth-order valence-corrected chi connectivity index (χ4v) is 2.72. The number of nitrogens with zero attached hydrogens (tertiary/aromatic N) is 1. The van der Waals surface area contributed by atoms with Crippen molar-refractivity contribution in [3.05, 3.63) is 34.1 Å². The van der Waals surface area contributed by atoms with Crippen LogP contribution >= 0.6 is 15.9 Å². The molecular weight excluding hydrogens is 311 g/mol. The van der Waals surface area contributed by atoms with Crippen LogP contribution in [0.25, 0.3) is 0 Å². The van der Waals surface area contributed by atoms with Crippen molar-refractivity contribution in [3.63, 3.8) is 0 Å². The fourth-order valence-electron chi connectivity index (χ4n) is 2.29. The number of hydrogen-bond acceptors (Lipinski definition) is 3. The SMILES string of the molecule is NC1CCN(CC(=O)Cc2ccc(F)c(Br)c2)CC1. The minimum absolute atomic E-state index is 0.161. The lowest BCUT2D eigenvalue weighted by atomic mass is 10.0. The van der Waals surface area contributed by atoms with Crippen LogP contribution in [0.4, 0.5) is 4.39 Å². The van der Waals surface area contributed by atoms with E-state index in [9.17, 15) is 9.18 Å². The van der Waals surface area contributed by atoms with E-state index in [2.05, 4.69) is 20.8 Å². The lowest BCUT2D eigenvalue weighted by Crippen LogP contribution is -2.42. The van der Waals surface area contributed by atoms with Crippen molar-refractivity contribution in [2.75, 3.05) is 19.6 Å². The van der Waals surface area contributed by atoms with Crippen molar-refractivity contribution >= 4 is 21.7 Å². The zero-order chi connectivity index (χ0) is 13.8. The number of ketones is 1. The molecule has 2 rings (SSSR count). The zero-order valence-electron chi connectivity index (χ0n) is 10.7. The van der Waals surface area contributed by atoms with Gasteiger partial charge < -0.3 is 5.73 Å². The van der Waals surface area contributed by atoms with Crippen LogP contribution < -0.4 is 5.73 Å². The lowest BCUT2D eigenvalue weighted by Gasteiger charge is -2.29. The summed E-state index contributed by atoms with van der Waals surface area (Å²) >= 11 is 3.13. The molecule has 2 N–H and O–H groups in total. The van der Waals surface area contributed by atoms with Crippen LogP contribution in [-0.4, -0.2) is 36.4 Å². The van der Waals surface area contributed by atoms with Crippen LogP contribution in [0.1, 0.15) is 18.4 Å². The minimum Gasteiger partial charge on any atom is -0.328 e. The molecule has 104 valence electrons. The lowest BCUT2D eigenvalue weighted by molar-refractivity contribution is -0.119. The molecule has 1 aliphatic heterocycles. The maximum atomic E-state index is 13.1. The Hall–Kier alpha value is -0.780. The van der Waals surface area contributed by atoms with Gasteiger partial charge in [-0.3, -0.25) is 9.69 Å². The Morgan fingerprint density at radius 3 is 2.74 bits per heavy atom. The van der Waals surface area contributed by atoms with Crippen molar-refractivity contribution in [3.8, 4) is 0 Å². The molecule has 1 saturated heterocycles. The van der Waals surface area contributed by atoms with Gasteiger partial charge in [-0.25, -0.2) is 4.39 Å². The van der Waals surface area contributed by atoms with Crippen LogP contribution in [0.3, 0.4) is 0 Å². The molecular formula is C14H18BrFN2O. The largest absolute Gasteiger partial charge is 0.328 e. The topological polar surface area (TPSA) is 46.3 Å². The average molecular weight is 329 g/mol. The summed E-state index contributed by atoms with van der Waals surface area (Å²) in [7, 11) is 0. The van der Waals surface area contributed by atoms with E-state index in [0.717, 1.165) is 31.5 Å². The molecule has 1 aromatic rings. The number of benzene rings is 1. The predicted octanol–water partition coefficient (Wildman–Crippen LogP) is 2.12. The molecule has 19 heavy (non-hydrogen) atoms. The van der Waals surface area contributed by atoms with Gasteiger partial charge in [-0.15, -0.1) is 0 Å². The van der Waals surface area contributed by atoms with Gasteiger partial charge in [0.2, 0.25) is 0 Å². The Labute approximate surface area is 121 Å². The molecule has 0 spiro atoms. The molecule has 0 atom stereocenters. The van der Waals surface area contributed by atoms with E-state index in [1.54, 1.807) is 12.1 Å². The van der Waals surface area contributed by atoms with Crippen LogP contribution in [0.2, 0.25) is 0 Å². The average Bonchev–Trinajstić information content (AvgIpc) is 2.37. The number of carbonyl (C=O) groups excluding carboxylic acids is 1. The van der Waals surface area contributed by atoms with Gasteiger partial charge in [-0.05, 0) is 46.5 Å². The Balaban J connectivity index is 1.85. The minimum atomic E-state index is -0.304. The second kappa shape index (κ2) is 6.59. The van der Waals surface area contributed by atoms with Crippen LogP contribution in [0.15, 0.2) is 22.7 Å². The smallest absolute Gasteiger partial charge is 0.151 e. The Bertz CT molecular complexity index is 459. The maximum absolute atomic E-state index is 13.1. The number of piperidine rings is 1. The van der Waals surface area contributed by atoms with Gasteiger partial charge >= 0.3 is 0 Å². The molecule has 1 heterocycles. The number of nitrogens with two attached hydrogens (primary N) is 1. The van der Waals surface area contributed by atoms with Gasteiger partial charge in [0.15, 0.2) is 5.78 Å². The van der Waals surface area contributed by atoms with Crippen molar-refractivity contribution in [1.82, 2.24) is 4.90 Å². The third kappa shape index (κ3) is 4.37. The number of Topliss-reactive ketones (excluding diaryl/α,β-unsaturated/α-hetero) is 1. The summed E-state index contributed by atoms with van der Waals surface area (Å²) in [5, 5.41) is 0. The molecule has 0 unspecified atom stereocenters. The third-order valence-electron chi connectivity index (χ3n) is 3.42. The highest BCUT2D eigenvalue weighted by Gasteiger charge is 2.18. The molecule has 0 radical (unpaired) electrons. The number of hydrogen-bond donors (Lipinski definition) is 1. The number of carbonyl (C=O) groups is 1. The predicted molar refractivity (Wildman–Crippen MR) is 76.5 cm³/mol. The molecule has 3 nitrogen and oxygen atoms in total. The summed E-state index contributed by atoms with van der Waals surface area (Å²) in [6, 6.07) is 4.98. The van der Waals surface area contributed by atoms with E-state index in [1.165, 1.54) is 6.07 Å². The quantitative estimate of drug-likeness (QED) is 0.920. The van der Waals surface area contributed by atoms with E-state index < -0.39 is 0 Å². The van der Waals surface area contributed by atoms with E-state index in [0.29, 0.717) is 17.4 Å². The molecule has 0 amide bonds. The molecule has 0 aromatic heterocycles. The summed E-state index contributed by atoms with van der Waals surface area (Å²) in [5.41, 5.74) is 6.67. The van der Waals surface area contributed by atoms with Crippen molar-refractivity contribution in [2.24, 2.45) is 5.73 Å². The third-order valence-corrected chi connectivity index (χ3v) is 4.03. The Morgan fingerprint density at radius 2 is 2.11 bits per heavy atom. The van der Waals surface area contributed by atoms with Crippen molar-refractivity contribution < 1.29 is 9.18 Å². The first-order valence-electron chi connectivity index (χ1n) is 6.48. The highest BCUT2D eigenvalue weighted by molar-refractivity contribution is 9.10. The van der Waals surface area contributed by atoms with Gasteiger partial charge in [0.25, 0.3) is 0 Å². The summed E-state index contributed by atoms with van der Waals surface area (Å²) < 4.78 is 13.5. The number of halogens is 2. The van der Waals surface area contributed by atoms with Crippen molar-refractivity contribution in [1.29, 1.82) is 0 Å². The first-order chi connectivity index (χ1) is 9.04. The molecule has 0 saturated carbocycles. The summed E-state index contributed by atoms with van der Waals surface area (Å²) in [6.45, 7) is 2.24. The monoisotopic (exact) mass is 328 g/mol. The first-order valence-corrected chi connectivity index (χ1v) is 7.27. The van der Waals surface area contributed by atoms with Gasteiger partial charge in [-0.2, -0.15) is 0 Å². The van der Waals surface area contributed by atoms with Crippen molar-refractivity contribution in [2.45, 2.75) is 25.3 Å².